The van der Waals surface area contributed by atoms with Gasteiger partial charge in [-0.3, -0.25) is 4.79 Å². The first kappa shape index (κ1) is 20.9. The number of esters is 1. The first-order valence-corrected chi connectivity index (χ1v) is 10.7. The number of amides is 1. The summed E-state index contributed by atoms with van der Waals surface area (Å²) in [5.41, 5.74) is 3.77. The number of hydrogen-bond acceptors (Lipinski definition) is 5. The summed E-state index contributed by atoms with van der Waals surface area (Å²) < 4.78 is 10.6. The summed E-state index contributed by atoms with van der Waals surface area (Å²) in [7, 11) is 0. The Labute approximate surface area is 174 Å². The minimum atomic E-state index is -0.431. The molecule has 1 N–H and O–H groups in total. The van der Waals surface area contributed by atoms with Gasteiger partial charge in [-0.2, -0.15) is 0 Å². The molecule has 5 nitrogen and oxygen atoms in total. The van der Waals surface area contributed by atoms with E-state index in [4.69, 9.17) is 9.15 Å². The monoisotopic (exact) mass is 411 g/mol. The number of rotatable bonds is 8. The zero-order valence-electron chi connectivity index (χ0n) is 16.9. The van der Waals surface area contributed by atoms with Crippen LogP contribution in [0.15, 0.2) is 46.4 Å². The van der Waals surface area contributed by atoms with E-state index in [9.17, 15) is 9.59 Å². The van der Waals surface area contributed by atoms with Crippen LogP contribution < -0.4 is 5.32 Å². The van der Waals surface area contributed by atoms with Crippen molar-refractivity contribution in [1.82, 2.24) is 0 Å². The van der Waals surface area contributed by atoms with Crippen LogP contribution >= 0.6 is 11.3 Å². The standard InChI is InChI=1S/C23H25NO4S/c1-4-6-16-7-9-17(10-8-16)19-14-29-22(20(19)23(26)28-12-5-2)24-21(25)18-11-13-27-15(18)3/h7-11,13-14H,4-6,12H2,1-3H3,(H,24,25). The van der Waals surface area contributed by atoms with Crippen molar-refractivity contribution in [3.8, 4) is 11.1 Å². The van der Waals surface area contributed by atoms with Gasteiger partial charge < -0.3 is 14.5 Å². The van der Waals surface area contributed by atoms with Gasteiger partial charge >= 0.3 is 5.97 Å². The third-order valence-electron chi connectivity index (χ3n) is 4.57. The highest BCUT2D eigenvalue weighted by molar-refractivity contribution is 7.15. The number of benzene rings is 1. The second-order valence-electron chi connectivity index (χ2n) is 6.78. The molecule has 0 atom stereocenters. The normalized spacial score (nSPS) is 10.7. The molecule has 3 rings (SSSR count). The van der Waals surface area contributed by atoms with Gasteiger partial charge in [-0.15, -0.1) is 11.3 Å². The fourth-order valence-electron chi connectivity index (χ4n) is 3.06. The van der Waals surface area contributed by atoms with E-state index in [2.05, 4.69) is 24.4 Å². The lowest BCUT2D eigenvalue weighted by molar-refractivity contribution is 0.0508. The predicted molar refractivity (Wildman–Crippen MR) is 116 cm³/mol. The molecule has 1 amide bonds. The van der Waals surface area contributed by atoms with Crippen LogP contribution in [0.4, 0.5) is 5.00 Å². The summed E-state index contributed by atoms with van der Waals surface area (Å²) in [6.07, 6.45) is 4.29. The van der Waals surface area contributed by atoms with Crippen LogP contribution in [-0.4, -0.2) is 18.5 Å². The molecule has 0 aliphatic rings. The molecule has 0 bridgehead atoms. The van der Waals surface area contributed by atoms with Crippen LogP contribution in [-0.2, 0) is 11.2 Å². The maximum absolute atomic E-state index is 12.8. The molecule has 0 saturated carbocycles. The van der Waals surface area contributed by atoms with Gasteiger partial charge in [-0.05, 0) is 37.0 Å². The Kier molecular flexibility index (Phi) is 6.88. The molecule has 0 aliphatic carbocycles. The molecular weight excluding hydrogens is 386 g/mol. The lowest BCUT2D eigenvalue weighted by atomic mass is 10.0. The van der Waals surface area contributed by atoms with E-state index < -0.39 is 5.97 Å². The van der Waals surface area contributed by atoms with Crippen LogP contribution in [0.25, 0.3) is 11.1 Å². The Bertz CT molecular complexity index is 985. The summed E-state index contributed by atoms with van der Waals surface area (Å²) in [6, 6.07) is 9.78. The average Bonchev–Trinajstić information content (AvgIpc) is 3.33. The van der Waals surface area contributed by atoms with Gasteiger partial charge in [-0.1, -0.05) is 44.5 Å². The molecule has 29 heavy (non-hydrogen) atoms. The Balaban J connectivity index is 1.95. The van der Waals surface area contributed by atoms with Gasteiger partial charge in [0.15, 0.2) is 0 Å². The van der Waals surface area contributed by atoms with Crippen LogP contribution in [0.3, 0.4) is 0 Å². The van der Waals surface area contributed by atoms with Crippen LogP contribution in [0.1, 0.15) is 58.7 Å². The van der Waals surface area contributed by atoms with Gasteiger partial charge in [0.1, 0.15) is 16.3 Å². The number of furan rings is 1. The molecule has 152 valence electrons. The number of ether oxygens (including phenoxy) is 1. The molecule has 2 aromatic heterocycles. The van der Waals surface area contributed by atoms with E-state index >= 15 is 0 Å². The zero-order valence-corrected chi connectivity index (χ0v) is 17.7. The third kappa shape index (κ3) is 4.77. The van der Waals surface area contributed by atoms with Crippen molar-refractivity contribution in [3.63, 3.8) is 0 Å². The van der Waals surface area contributed by atoms with Crippen molar-refractivity contribution in [2.75, 3.05) is 11.9 Å². The van der Waals surface area contributed by atoms with Gasteiger partial charge in [0, 0.05) is 10.9 Å². The molecule has 6 heteroatoms. The van der Waals surface area contributed by atoms with E-state index in [0.717, 1.165) is 30.4 Å². The molecule has 0 unspecified atom stereocenters. The number of carbonyl (C=O) groups is 2. The van der Waals surface area contributed by atoms with E-state index in [0.29, 0.717) is 28.5 Å². The van der Waals surface area contributed by atoms with E-state index in [1.807, 2.05) is 24.4 Å². The van der Waals surface area contributed by atoms with Crippen molar-refractivity contribution < 1.29 is 18.7 Å². The second-order valence-corrected chi connectivity index (χ2v) is 7.66. The molecule has 2 heterocycles. The maximum Gasteiger partial charge on any atom is 0.341 e. The summed E-state index contributed by atoms with van der Waals surface area (Å²) in [6.45, 7) is 6.14. The Morgan fingerprint density at radius 2 is 1.86 bits per heavy atom. The Morgan fingerprint density at radius 1 is 1.10 bits per heavy atom. The van der Waals surface area contributed by atoms with Gasteiger partial charge in [-0.25, -0.2) is 4.79 Å². The average molecular weight is 412 g/mol. The number of anilines is 1. The Hall–Kier alpha value is -2.86. The molecule has 3 aromatic rings. The van der Waals surface area contributed by atoms with Crippen LogP contribution in [0, 0.1) is 6.92 Å². The van der Waals surface area contributed by atoms with Gasteiger partial charge in [0.25, 0.3) is 5.91 Å². The summed E-state index contributed by atoms with van der Waals surface area (Å²) >= 11 is 1.32. The lowest BCUT2D eigenvalue weighted by Gasteiger charge is -2.09. The van der Waals surface area contributed by atoms with Crippen molar-refractivity contribution in [2.24, 2.45) is 0 Å². The highest BCUT2D eigenvalue weighted by Crippen LogP contribution is 2.37. The first-order chi connectivity index (χ1) is 14.0. The molecule has 0 fully saturated rings. The minimum absolute atomic E-state index is 0.313. The molecule has 0 spiro atoms. The van der Waals surface area contributed by atoms with E-state index in [-0.39, 0.29) is 5.91 Å². The number of hydrogen-bond donors (Lipinski definition) is 1. The Morgan fingerprint density at radius 3 is 2.48 bits per heavy atom. The first-order valence-electron chi connectivity index (χ1n) is 9.78. The highest BCUT2D eigenvalue weighted by Gasteiger charge is 2.24. The van der Waals surface area contributed by atoms with Gasteiger partial charge in [0.2, 0.25) is 0 Å². The SMILES string of the molecule is CCCOC(=O)c1c(-c2ccc(CCC)cc2)csc1NC(=O)c1ccoc1C. The molecule has 1 aromatic carbocycles. The summed E-state index contributed by atoms with van der Waals surface area (Å²) in [5.74, 6) is -0.215. The number of carbonyl (C=O) groups excluding carboxylic acids is 2. The summed E-state index contributed by atoms with van der Waals surface area (Å²) in [4.78, 5) is 25.4. The van der Waals surface area contributed by atoms with Gasteiger partial charge in [0.05, 0.1) is 18.4 Å². The predicted octanol–water partition coefficient (Wildman–Crippen LogP) is 6.09. The van der Waals surface area contributed by atoms with E-state index in [1.165, 1.54) is 23.2 Å². The smallest absolute Gasteiger partial charge is 0.341 e. The lowest BCUT2D eigenvalue weighted by Crippen LogP contribution is -2.15. The molecule has 0 saturated heterocycles. The topological polar surface area (TPSA) is 68.5 Å². The largest absolute Gasteiger partial charge is 0.469 e. The highest BCUT2D eigenvalue weighted by atomic mass is 32.1. The summed E-state index contributed by atoms with van der Waals surface area (Å²) in [5, 5.41) is 5.21. The molecule has 0 aliphatic heterocycles. The third-order valence-corrected chi connectivity index (χ3v) is 5.46. The minimum Gasteiger partial charge on any atom is -0.469 e. The van der Waals surface area contributed by atoms with Crippen molar-refractivity contribution >= 4 is 28.2 Å². The number of nitrogens with one attached hydrogen (secondary N) is 1. The zero-order chi connectivity index (χ0) is 20.8. The van der Waals surface area contributed by atoms with E-state index in [1.54, 1.807) is 13.0 Å². The van der Waals surface area contributed by atoms with Crippen molar-refractivity contribution in [2.45, 2.75) is 40.0 Å². The quantitative estimate of drug-likeness (QED) is 0.456. The van der Waals surface area contributed by atoms with Crippen molar-refractivity contribution in [1.29, 1.82) is 0 Å². The fraction of sp³-hybridized carbons (Fsp3) is 0.304. The number of aryl methyl sites for hydroxylation is 2. The number of thiophene rings is 1. The van der Waals surface area contributed by atoms with Crippen LogP contribution in [0.2, 0.25) is 0 Å². The van der Waals surface area contributed by atoms with Crippen LogP contribution in [0.5, 0.6) is 0 Å². The fourth-order valence-corrected chi connectivity index (χ4v) is 4.01. The second kappa shape index (κ2) is 9.56. The molecular formula is C23H25NO4S. The maximum atomic E-state index is 12.8. The molecule has 0 radical (unpaired) electrons. The van der Waals surface area contributed by atoms with Crippen molar-refractivity contribution in [3.05, 3.63) is 64.4 Å².